The van der Waals surface area contributed by atoms with Crippen LogP contribution >= 0.6 is 0 Å². The van der Waals surface area contributed by atoms with Gasteiger partial charge in [0.1, 0.15) is 0 Å². The molecule has 2 heterocycles. The predicted molar refractivity (Wildman–Crippen MR) is 112 cm³/mol. The number of hydrogen-bond acceptors (Lipinski definition) is 2. The van der Waals surface area contributed by atoms with Gasteiger partial charge in [-0.25, -0.2) is 4.98 Å². The first-order valence-corrected chi connectivity index (χ1v) is 9.28. The molecule has 1 aliphatic rings. The highest BCUT2D eigenvalue weighted by molar-refractivity contribution is 5.85. The number of hydrogen-bond donors (Lipinski definition) is 1. The molecule has 1 atom stereocenters. The molecule has 0 spiro atoms. The van der Waals surface area contributed by atoms with Gasteiger partial charge in [-0.1, -0.05) is 71.8 Å². The molecule has 0 amide bonds. The Morgan fingerprint density at radius 3 is 2.22 bits per heavy atom. The van der Waals surface area contributed by atoms with Gasteiger partial charge in [0.25, 0.3) is 0 Å². The first-order valence-electron chi connectivity index (χ1n) is 9.28. The van der Waals surface area contributed by atoms with Gasteiger partial charge in [-0.3, -0.25) is 4.57 Å². The molecule has 4 aromatic rings. The number of para-hydroxylation sites is 2. The summed E-state index contributed by atoms with van der Waals surface area (Å²) >= 11 is 0. The minimum atomic E-state index is 0.102. The number of aryl methyl sites for hydroxylation is 2. The third-order valence-corrected chi connectivity index (χ3v) is 5.23. The zero-order chi connectivity index (χ0) is 18.4. The van der Waals surface area contributed by atoms with Crippen LogP contribution in [0.1, 0.15) is 28.3 Å². The molecule has 3 heteroatoms. The molecule has 1 aromatic heterocycles. The van der Waals surface area contributed by atoms with Gasteiger partial charge in [0, 0.05) is 5.70 Å². The van der Waals surface area contributed by atoms with E-state index in [1.807, 2.05) is 6.07 Å². The van der Waals surface area contributed by atoms with Crippen molar-refractivity contribution in [2.75, 3.05) is 5.32 Å². The van der Waals surface area contributed by atoms with E-state index in [0.717, 1.165) is 22.7 Å². The third kappa shape index (κ3) is 2.72. The highest BCUT2D eigenvalue weighted by Crippen LogP contribution is 2.36. The standard InChI is InChI=1S/C24H21N3/c1-16-7-11-18(12-8-16)21-15-23(19-13-9-17(2)10-14-19)27-22-6-4-3-5-20(22)25-24(27)26-21/h3-15,23H,1-2H3,(H,25,26)/t23-/m0/s1. The summed E-state index contributed by atoms with van der Waals surface area (Å²) in [4.78, 5) is 4.85. The molecule has 0 bridgehead atoms. The smallest absolute Gasteiger partial charge is 0.209 e. The molecule has 1 N–H and O–H groups in total. The number of imidazole rings is 1. The van der Waals surface area contributed by atoms with Gasteiger partial charge in [0.05, 0.1) is 17.1 Å². The highest BCUT2D eigenvalue weighted by Gasteiger charge is 2.25. The molecular weight excluding hydrogens is 330 g/mol. The summed E-state index contributed by atoms with van der Waals surface area (Å²) in [7, 11) is 0. The van der Waals surface area contributed by atoms with Gasteiger partial charge < -0.3 is 5.32 Å². The molecule has 0 aliphatic carbocycles. The zero-order valence-corrected chi connectivity index (χ0v) is 15.5. The normalized spacial score (nSPS) is 15.9. The van der Waals surface area contributed by atoms with Crippen molar-refractivity contribution in [3.8, 4) is 0 Å². The van der Waals surface area contributed by atoms with Crippen molar-refractivity contribution in [1.82, 2.24) is 9.55 Å². The number of allylic oxidation sites excluding steroid dienone is 1. The number of rotatable bonds is 2. The molecule has 5 rings (SSSR count). The van der Waals surface area contributed by atoms with E-state index in [9.17, 15) is 0 Å². The lowest BCUT2D eigenvalue weighted by atomic mass is 10.00. The number of nitrogens with one attached hydrogen (secondary N) is 1. The minimum absolute atomic E-state index is 0.102. The van der Waals surface area contributed by atoms with Gasteiger partial charge in [-0.15, -0.1) is 0 Å². The molecule has 132 valence electrons. The second-order valence-electron chi connectivity index (χ2n) is 7.22. The average molecular weight is 351 g/mol. The Morgan fingerprint density at radius 1 is 0.815 bits per heavy atom. The van der Waals surface area contributed by atoms with Gasteiger partial charge in [0.2, 0.25) is 5.95 Å². The predicted octanol–water partition coefficient (Wildman–Crippen LogP) is 5.71. The molecule has 0 saturated heterocycles. The van der Waals surface area contributed by atoms with E-state index in [-0.39, 0.29) is 6.04 Å². The molecule has 0 fully saturated rings. The summed E-state index contributed by atoms with van der Waals surface area (Å²) < 4.78 is 2.29. The molecular formula is C24H21N3. The van der Waals surface area contributed by atoms with E-state index < -0.39 is 0 Å². The van der Waals surface area contributed by atoms with Gasteiger partial charge in [-0.05, 0) is 43.2 Å². The minimum Gasteiger partial charge on any atom is -0.325 e. The van der Waals surface area contributed by atoms with E-state index in [1.165, 1.54) is 22.3 Å². The first-order chi connectivity index (χ1) is 13.2. The van der Waals surface area contributed by atoms with Crippen molar-refractivity contribution in [3.63, 3.8) is 0 Å². The first kappa shape index (κ1) is 15.9. The summed E-state index contributed by atoms with van der Waals surface area (Å²) in [6.45, 7) is 4.23. The summed E-state index contributed by atoms with van der Waals surface area (Å²) in [6.07, 6.45) is 2.30. The Hall–Kier alpha value is -3.33. The van der Waals surface area contributed by atoms with Crippen molar-refractivity contribution in [3.05, 3.63) is 101 Å². The Morgan fingerprint density at radius 2 is 1.48 bits per heavy atom. The maximum atomic E-state index is 4.85. The fourth-order valence-corrected chi connectivity index (χ4v) is 3.72. The van der Waals surface area contributed by atoms with Crippen molar-refractivity contribution in [2.24, 2.45) is 0 Å². The van der Waals surface area contributed by atoms with Crippen LogP contribution in [-0.4, -0.2) is 9.55 Å². The summed E-state index contributed by atoms with van der Waals surface area (Å²) in [6, 6.07) is 25.8. The lowest BCUT2D eigenvalue weighted by Gasteiger charge is -2.26. The lowest BCUT2D eigenvalue weighted by Crippen LogP contribution is -2.19. The fraction of sp³-hybridized carbons (Fsp3) is 0.125. The van der Waals surface area contributed by atoms with Gasteiger partial charge in [-0.2, -0.15) is 0 Å². The Kier molecular flexibility index (Phi) is 3.61. The van der Waals surface area contributed by atoms with Crippen molar-refractivity contribution >= 4 is 22.7 Å². The SMILES string of the molecule is Cc1ccc(C2=C[C@@H](c3ccc(C)cc3)n3c(nc4ccccc43)N2)cc1. The summed E-state index contributed by atoms with van der Waals surface area (Å²) in [5.41, 5.74) is 8.22. The fourth-order valence-electron chi connectivity index (χ4n) is 3.72. The van der Waals surface area contributed by atoms with Gasteiger partial charge in [0.15, 0.2) is 0 Å². The van der Waals surface area contributed by atoms with Crippen LogP contribution in [-0.2, 0) is 0 Å². The summed E-state index contributed by atoms with van der Waals surface area (Å²) in [5, 5.41) is 3.55. The molecule has 3 nitrogen and oxygen atoms in total. The Bertz CT molecular complexity index is 1150. The van der Waals surface area contributed by atoms with Crippen LogP contribution in [0.4, 0.5) is 5.95 Å². The van der Waals surface area contributed by atoms with E-state index in [1.54, 1.807) is 0 Å². The van der Waals surface area contributed by atoms with E-state index in [2.05, 4.69) is 96.5 Å². The van der Waals surface area contributed by atoms with Gasteiger partial charge >= 0.3 is 0 Å². The maximum Gasteiger partial charge on any atom is 0.209 e. The lowest BCUT2D eigenvalue weighted by molar-refractivity contribution is 0.720. The van der Waals surface area contributed by atoms with Crippen molar-refractivity contribution in [2.45, 2.75) is 19.9 Å². The molecule has 0 saturated carbocycles. The monoisotopic (exact) mass is 351 g/mol. The van der Waals surface area contributed by atoms with Crippen molar-refractivity contribution in [1.29, 1.82) is 0 Å². The maximum absolute atomic E-state index is 4.85. The summed E-state index contributed by atoms with van der Waals surface area (Å²) in [5.74, 6) is 0.889. The number of fused-ring (bicyclic) bond motifs is 3. The zero-order valence-electron chi connectivity index (χ0n) is 15.5. The van der Waals surface area contributed by atoms with E-state index in [0.29, 0.717) is 0 Å². The molecule has 1 aliphatic heterocycles. The number of benzene rings is 3. The van der Waals surface area contributed by atoms with Crippen LogP contribution in [0.25, 0.3) is 16.7 Å². The van der Waals surface area contributed by atoms with Crippen molar-refractivity contribution < 1.29 is 0 Å². The van der Waals surface area contributed by atoms with E-state index in [4.69, 9.17) is 4.98 Å². The second-order valence-corrected chi connectivity index (χ2v) is 7.22. The Labute approximate surface area is 159 Å². The topological polar surface area (TPSA) is 29.9 Å². The molecule has 3 aromatic carbocycles. The van der Waals surface area contributed by atoms with Crippen LogP contribution < -0.4 is 5.32 Å². The quantitative estimate of drug-likeness (QED) is 0.501. The second kappa shape index (κ2) is 6.13. The highest BCUT2D eigenvalue weighted by atomic mass is 15.2. The molecule has 27 heavy (non-hydrogen) atoms. The van der Waals surface area contributed by atoms with Crippen LogP contribution in [0.5, 0.6) is 0 Å². The molecule has 0 unspecified atom stereocenters. The third-order valence-electron chi connectivity index (χ3n) is 5.23. The van der Waals surface area contributed by atoms with Crippen LogP contribution in [0.2, 0.25) is 0 Å². The molecule has 0 radical (unpaired) electrons. The van der Waals surface area contributed by atoms with Crippen LogP contribution in [0.3, 0.4) is 0 Å². The van der Waals surface area contributed by atoms with E-state index >= 15 is 0 Å². The average Bonchev–Trinajstić information content (AvgIpc) is 3.07. The number of anilines is 1. The number of aromatic nitrogens is 2. The largest absolute Gasteiger partial charge is 0.325 e. The number of nitrogens with zero attached hydrogens (tertiary/aromatic N) is 2. The van der Waals surface area contributed by atoms with Crippen LogP contribution in [0.15, 0.2) is 78.9 Å². The van der Waals surface area contributed by atoms with Crippen LogP contribution in [0, 0.1) is 13.8 Å². The Balaban J connectivity index is 1.71.